The number of nitrogens with zero attached hydrogens (tertiary/aromatic N) is 3. The van der Waals surface area contributed by atoms with Crippen LogP contribution in [0.25, 0.3) is 11.7 Å². The molecule has 2 aromatic rings. The van der Waals surface area contributed by atoms with Crippen LogP contribution in [0.4, 0.5) is 0 Å². The van der Waals surface area contributed by atoms with Gasteiger partial charge in [-0.05, 0) is 31.1 Å². The molecule has 2 aromatic heterocycles. The SMILES string of the molecule is CCCCN(C(=O)/C=C/c1c(Cl)nc2ccccn12)C1CCS(=O)(=O)C1. The predicted molar refractivity (Wildman–Crippen MR) is 103 cm³/mol. The lowest BCUT2D eigenvalue weighted by Crippen LogP contribution is -2.40. The van der Waals surface area contributed by atoms with E-state index in [0.717, 1.165) is 12.8 Å². The van der Waals surface area contributed by atoms with Crippen LogP contribution in [0.2, 0.25) is 5.15 Å². The van der Waals surface area contributed by atoms with Crippen LogP contribution in [-0.4, -0.2) is 52.7 Å². The number of imidazole rings is 1. The summed E-state index contributed by atoms with van der Waals surface area (Å²) in [5.74, 6) is 0.00533. The fourth-order valence-electron chi connectivity index (χ4n) is 3.20. The largest absolute Gasteiger partial charge is 0.335 e. The summed E-state index contributed by atoms with van der Waals surface area (Å²) in [5.41, 5.74) is 1.33. The van der Waals surface area contributed by atoms with Crippen molar-refractivity contribution in [3.05, 3.63) is 41.3 Å². The molecule has 0 N–H and O–H groups in total. The van der Waals surface area contributed by atoms with Crippen LogP contribution in [0.3, 0.4) is 0 Å². The normalized spacial score (nSPS) is 19.4. The predicted octanol–water partition coefficient (Wildman–Crippen LogP) is 2.82. The number of hydrogen-bond donors (Lipinski definition) is 0. The second kappa shape index (κ2) is 7.80. The van der Waals surface area contributed by atoms with Crippen LogP contribution in [0.1, 0.15) is 31.9 Å². The Bertz CT molecular complexity index is 936. The molecule has 26 heavy (non-hydrogen) atoms. The molecule has 140 valence electrons. The standard InChI is InChI=1S/C18H22ClN3O3S/c1-2-3-10-21(14-9-12-26(24,25)13-14)17(23)8-7-15-18(19)20-16-6-4-5-11-22(15)16/h4-8,11,14H,2-3,9-10,12-13H2,1H3/b8-7+. The highest BCUT2D eigenvalue weighted by molar-refractivity contribution is 7.91. The van der Waals surface area contributed by atoms with Crippen LogP contribution in [0.15, 0.2) is 30.5 Å². The molecule has 1 aliphatic rings. The maximum Gasteiger partial charge on any atom is 0.246 e. The van der Waals surface area contributed by atoms with Gasteiger partial charge in [0.25, 0.3) is 0 Å². The third kappa shape index (κ3) is 4.10. The molecule has 1 aliphatic heterocycles. The van der Waals surface area contributed by atoms with Gasteiger partial charge >= 0.3 is 0 Å². The van der Waals surface area contributed by atoms with Gasteiger partial charge in [0.2, 0.25) is 5.91 Å². The monoisotopic (exact) mass is 395 g/mol. The summed E-state index contributed by atoms with van der Waals surface area (Å²) < 4.78 is 25.4. The third-order valence-electron chi connectivity index (χ3n) is 4.59. The molecule has 0 saturated carbocycles. The maximum atomic E-state index is 12.8. The fourth-order valence-corrected chi connectivity index (χ4v) is 5.17. The molecule has 1 atom stereocenters. The van der Waals surface area contributed by atoms with E-state index < -0.39 is 9.84 Å². The highest BCUT2D eigenvalue weighted by atomic mass is 35.5. The third-order valence-corrected chi connectivity index (χ3v) is 6.62. The number of carbonyl (C=O) groups excluding carboxylic acids is 1. The Morgan fingerprint density at radius 2 is 2.27 bits per heavy atom. The summed E-state index contributed by atoms with van der Waals surface area (Å²) >= 11 is 6.19. The zero-order chi connectivity index (χ0) is 18.7. The lowest BCUT2D eigenvalue weighted by atomic mass is 10.2. The molecule has 0 bridgehead atoms. The number of amides is 1. The van der Waals surface area contributed by atoms with Crippen LogP contribution < -0.4 is 0 Å². The number of unbranched alkanes of at least 4 members (excludes halogenated alkanes) is 1. The molecule has 0 radical (unpaired) electrons. The molecular weight excluding hydrogens is 374 g/mol. The quantitative estimate of drug-likeness (QED) is 0.705. The molecule has 3 heterocycles. The van der Waals surface area contributed by atoms with Gasteiger partial charge in [-0.15, -0.1) is 0 Å². The summed E-state index contributed by atoms with van der Waals surface area (Å²) in [7, 11) is -3.05. The van der Waals surface area contributed by atoms with Crippen LogP contribution >= 0.6 is 11.6 Å². The van der Waals surface area contributed by atoms with Crippen molar-refractivity contribution < 1.29 is 13.2 Å². The van der Waals surface area contributed by atoms with Crippen LogP contribution in [0.5, 0.6) is 0 Å². The molecule has 0 aromatic carbocycles. The first-order valence-corrected chi connectivity index (χ1v) is 10.9. The molecule has 1 saturated heterocycles. The lowest BCUT2D eigenvalue weighted by Gasteiger charge is -2.27. The molecular formula is C18H22ClN3O3S. The van der Waals surface area contributed by atoms with Crippen molar-refractivity contribution in [2.45, 2.75) is 32.2 Å². The lowest BCUT2D eigenvalue weighted by molar-refractivity contribution is -0.127. The topological polar surface area (TPSA) is 71.8 Å². The minimum Gasteiger partial charge on any atom is -0.335 e. The fraction of sp³-hybridized carbons (Fsp3) is 0.444. The first-order chi connectivity index (χ1) is 12.4. The van der Waals surface area contributed by atoms with Crippen molar-refractivity contribution >= 4 is 39.1 Å². The number of fused-ring (bicyclic) bond motifs is 1. The Hall–Kier alpha value is -1.86. The van der Waals surface area contributed by atoms with Crippen molar-refractivity contribution in [1.29, 1.82) is 0 Å². The number of aromatic nitrogens is 2. The highest BCUT2D eigenvalue weighted by Crippen LogP contribution is 2.21. The number of rotatable bonds is 6. The number of halogens is 1. The van der Waals surface area contributed by atoms with E-state index in [1.54, 1.807) is 11.0 Å². The van der Waals surface area contributed by atoms with Gasteiger partial charge in [-0.1, -0.05) is 31.0 Å². The molecule has 0 spiro atoms. The Labute approximate surface area is 158 Å². The number of hydrogen-bond acceptors (Lipinski definition) is 4. The van der Waals surface area contributed by atoms with Crippen molar-refractivity contribution in [3.8, 4) is 0 Å². The number of sulfone groups is 1. The van der Waals surface area contributed by atoms with Crippen molar-refractivity contribution in [3.63, 3.8) is 0 Å². The van der Waals surface area contributed by atoms with E-state index in [2.05, 4.69) is 4.98 Å². The summed E-state index contributed by atoms with van der Waals surface area (Å²) in [6, 6.07) is 5.31. The first-order valence-electron chi connectivity index (χ1n) is 8.73. The molecule has 1 fully saturated rings. The van der Waals surface area contributed by atoms with Gasteiger partial charge in [0.15, 0.2) is 15.0 Å². The second-order valence-corrected chi connectivity index (χ2v) is 9.08. The number of pyridine rings is 1. The molecule has 1 unspecified atom stereocenters. The van der Waals surface area contributed by atoms with E-state index >= 15 is 0 Å². The van der Waals surface area contributed by atoms with Crippen LogP contribution in [-0.2, 0) is 14.6 Å². The summed E-state index contributed by atoms with van der Waals surface area (Å²) in [6.07, 6.45) is 7.22. The van der Waals surface area contributed by atoms with E-state index in [0.29, 0.717) is 29.5 Å². The van der Waals surface area contributed by atoms with E-state index in [9.17, 15) is 13.2 Å². The molecule has 8 heteroatoms. The highest BCUT2D eigenvalue weighted by Gasteiger charge is 2.33. The van der Waals surface area contributed by atoms with Gasteiger partial charge < -0.3 is 4.90 Å². The smallest absolute Gasteiger partial charge is 0.246 e. The zero-order valence-corrected chi connectivity index (χ0v) is 16.2. The van der Waals surface area contributed by atoms with Crippen LogP contribution in [0, 0.1) is 0 Å². The van der Waals surface area contributed by atoms with Gasteiger partial charge in [-0.3, -0.25) is 9.20 Å². The van der Waals surface area contributed by atoms with Gasteiger partial charge in [-0.25, -0.2) is 13.4 Å². The Kier molecular flexibility index (Phi) is 5.67. The minimum atomic E-state index is -3.05. The van der Waals surface area contributed by atoms with E-state index in [1.807, 2.05) is 35.7 Å². The first kappa shape index (κ1) is 18.9. The molecule has 6 nitrogen and oxygen atoms in total. The zero-order valence-electron chi connectivity index (χ0n) is 14.6. The van der Waals surface area contributed by atoms with Gasteiger partial charge in [0.1, 0.15) is 5.65 Å². The minimum absolute atomic E-state index is 0.0483. The average Bonchev–Trinajstić information content (AvgIpc) is 3.12. The molecule has 3 rings (SSSR count). The molecule has 0 aliphatic carbocycles. The number of carbonyl (C=O) groups is 1. The Balaban J connectivity index is 1.82. The van der Waals surface area contributed by atoms with Gasteiger partial charge in [0.05, 0.1) is 17.2 Å². The Morgan fingerprint density at radius 3 is 2.96 bits per heavy atom. The second-order valence-electron chi connectivity index (χ2n) is 6.49. The Morgan fingerprint density at radius 1 is 1.46 bits per heavy atom. The van der Waals surface area contributed by atoms with E-state index in [1.165, 1.54) is 6.08 Å². The summed E-state index contributed by atoms with van der Waals surface area (Å²) in [5, 5.41) is 0.323. The van der Waals surface area contributed by atoms with E-state index in [4.69, 9.17) is 11.6 Å². The summed E-state index contributed by atoms with van der Waals surface area (Å²) in [4.78, 5) is 18.7. The van der Waals surface area contributed by atoms with Gasteiger partial charge in [-0.2, -0.15) is 0 Å². The van der Waals surface area contributed by atoms with Crippen molar-refractivity contribution in [2.24, 2.45) is 0 Å². The average molecular weight is 396 g/mol. The van der Waals surface area contributed by atoms with Crippen molar-refractivity contribution in [1.82, 2.24) is 14.3 Å². The van der Waals surface area contributed by atoms with E-state index in [-0.39, 0.29) is 23.5 Å². The maximum absolute atomic E-state index is 12.8. The van der Waals surface area contributed by atoms with Gasteiger partial charge in [0, 0.05) is 24.9 Å². The molecule has 1 amide bonds. The summed E-state index contributed by atoms with van der Waals surface area (Å²) in [6.45, 7) is 2.60. The van der Waals surface area contributed by atoms with Crippen molar-refractivity contribution in [2.75, 3.05) is 18.1 Å².